The van der Waals surface area contributed by atoms with Gasteiger partial charge in [-0.15, -0.1) is 0 Å². The van der Waals surface area contributed by atoms with Crippen molar-refractivity contribution < 1.29 is 4.79 Å². The van der Waals surface area contributed by atoms with Gasteiger partial charge in [0.25, 0.3) is 5.91 Å². The SMILES string of the molecule is CSNc1cccc(CNC(=O)/C(C#N)=C/c2c[nH]c3ncccc23)c1. The molecule has 7 heteroatoms. The van der Waals surface area contributed by atoms with E-state index in [-0.39, 0.29) is 5.57 Å². The summed E-state index contributed by atoms with van der Waals surface area (Å²) >= 11 is 1.50. The molecule has 3 N–H and O–H groups in total. The first-order valence-corrected chi connectivity index (χ1v) is 9.14. The predicted octanol–water partition coefficient (Wildman–Crippen LogP) is 3.48. The molecule has 2 heterocycles. The van der Waals surface area contributed by atoms with E-state index in [0.29, 0.717) is 6.54 Å². The number of fused-ring (bicyclic) bond motifs is 1. The van der Waals surface area contributed by atoms with Crippen LogP contribution in [0.5, 0.6) is 0 Å². The fourth-order valence-corrected chi connectivity index (χ4v) is 2.90. The molecular formula is C19H17N5OS. The van der Waals surface area contributed by atoms with Crippen molar-refractivity contribution in [3.8, 4) is 6.07 Å². The van der Waals surface area contributed by atoms with Crippen LogP contribution < -0.4 is 10.0 Å². The van der Waals surface area contributed by atoms with E-state index in [1.807, 2.05) is 48.7 Å². The number of rotatable bonds is 6. The van der Waals surface area contributed by atoms with Crippen molar-refractivity contribution in [2.75, 3.05) is 11.0 Å². The van der Waals surface area contributed by atoms with Gasteiger partial charge < -0.3 is 15.0 Å². The Balaban J connectivity index is 1.73. The number of pyridine rings is 1. The maximum Gasteiger partial charge on any atom is 0.262 e. The zero-order valence-corrected chi connectivity index (χ0v) is 14.9. The van der Waals surface area contributed by atoms with Gasteiger partial charge in [-0.1, -0.05) is 24.1 Å². The van der Waals surface area contributed by atoms with E-state index in [1.165, 1.54) is 11.9 Å². The average Bonchev–Trinajstić information content (AvgIpc) is 3.08. The highest BCUT2D eigenvalue weighted by Crippen LogP contribution is 2.19. The van der Waals surface area contributed by atoms with E-state index in [9.17, 15) is 10.1 Å². The quantitative estimate of drug-likeness (QED) is 0.354. The zero-order valence-electron chi connectivity index (χ0n) is 14.1. The van der Waals surface area contributed by atoms with Crippen molar-refractivity contribution in [3.05, 3.63) is 65.5 Å². The number of amides is 1. The lowest BCUT2D eigenvalue weighted by atomic mass is 10.1. The Morgan fingerprint density at radius 1 is 1.38 bits per heavy atom. The normalized spacial score (nSPS) is 11.2. The minimum atomic E-state index is -0.408. The zero-order chi connectivity index (χ0) is 18.4. The van der Waals surface area contributed by atoms with Crippen molar-refractivity contribution in [1.29, 1.82) is 5.26 Å². The Hall–Kier alpha value is -3.24. The van der Waals surface area contributed by atoms with Crippen LogP contribution in [0.4, 0.5) is 5.69 Å². The summed E-state index contributed by atoms with van der Waals surface area (Å²) in [6.45, 7) is 0.344. The standard InChI is InChI=1S/C19H17N5OS/c1-26-24-16-5-2-4-13(8-16)11-23-19(25)14(10-20)9-15-12-22-18-17(15)6-3-7-21-18/h2-9,12,24H,11H2,1H3,(H,21,22)(H,23,25)/b14-9+. The molecular weight excluding hydrogens is 346 g/mol. The molecule has 0 aliphatic rings. The van der Waals surface area contributed by atoms with Crippen molar-refractivity contribution >= 4 is 40.7 Å². The molecule has 3 aromatic rings. The van der Waals surface area contributed by atoms with Crippen molar-refractivity contribution in [1.82, 2.24) is 15.3 Å². The van der Waals surface area contributed by atoms with Gasteiger partial charge in [0.05, 0.1) is 0 Å². The minimum Gasteiger partial charge on any atom is -0.347 e. The van der Waals surface area contributed by atoms with Crippen LogP contribution >= 0.6 is 11.9 Å². The molecule has 0 aliphatic heterocycles. The molecule has 0 unspecified atom stereocenters. The topological polar surface area (TPSA) is 93.6 Å². The van der Waals surface area contributed by atoms with Gasteiger partial charge in [-0.05, 0) is 35.9 Å². The molecule has 1 amide bonds. The fourth-order valence-electron chi connectivity index (χ4n) is 2.54. The number of nitriles is 1. The van der Waals surface area contributed by atoms with E-state index in [4.69, 9.17) is 0 Å². The molecule has 0 fully saturated rings. The highest BCUT2D eigenvalue weighted by atomic mass is 32.2. The minimum absolute atomic E-state index is 0.0492. The lowest BCUT2D eigenvalue weighted by Gasteiger charge is -2.07. The number of aromatic nitrogens is 2. The average molecular weight is 363 g/mol. The Bertz CT molecular complexity index is 1000. The number of anilines is 1. The smallest absolute Gasteiger partial charge is 0.262 e. The first-order valence-electron chi connectivity index (χ1n) is 7.91. The molecule has 0 atom stereocenters. The molecule has 2 aromatic heterocycles. The van der Waals surface area contributed by atoms with Crippen molar-refractivity contribution in [2.24, 2.45) is 0 Å². The summed E-state index contributed by atoms with van der Waals surface area (Å²) in [5.74, 6) is -0.408. The summed E-state index contributed by atoms with van der Waals surface area (Å²) in [7, 11) is 0. The van der Waals surface area contributed by atoms with Crippen LogP contribution in [0.2, 0.25) is 0 Å². The Labute approximate surface area is 155 Å². The Kier molecular flexibility index (Phi) is 5.56. The molecule has 0 saturated heterocycles. The monoisotopic (exact) mass is 363 g/mol. The predicted molar refractivity (Wildman–Crippen MR) is 105 cm³/mol. The fraction of sp³-hybridized carbons (Fsp3) is 0.105. The molecule has 0 bridgehead atoms. The van der Waals surface area contributed by atoms with Crippen molar-refractivity contribution in [2.45, 2.75) is 6.54 Å². The van der Waals surface area contributed by atoms with Gasteiger partial charge in [-0.3, -0.25) is 4.79 Å². The van der Waals surface area contributed by atoms with Crippen LogP contribution in [-0.4, -0.2) is 22.1 Å². The second kappa shape index (κ2) is 8.23. The highest BCUT2D eigenvalue weighted by Gasteiger charge is 2.11. The third-order valence-electron chi connectivity index (χ3n) is 3.75. The number of H-pyrrole nitrogens is 1. The number of aromatic amines is 1. The number of nitrogens with zero attached hydrogens (tertiary/aromatic N) is 2. The molecule has 1 aromatic carbocycles. The summed E-state index contributed by atoms with van der Waals surface area (Å²) in [4.78, 5) is 19.6. The molecule has 6 nitrogen and oxygen atoms in total. The van der Waals surface area contributed by atoms with Gasteiger partial charge in [0.1, 0.15) is 17.3 Å². The van der Waals surface area contributed by atoms with Gasteiger partial charge in [0.2, 0.25) is 0 Å². The van der Waals surface area contributed by atoms with Gasteiger partial charge in [0, 0.05) is 41.8 Å². The van der Waals surface area contributed by atoms with E-state index >= 15 is 0 Å². The maximum absolute atomic E-state index is 12.4. The van der Waals surface area contributed by atoms with Crippen LogP contribution in [0.15, 0.2) is 54.4 Å². The highest BCUT2D eigenvalue weighted by molar-refractivity contribution is 7.99. The third kappa shape index (κ3) is 4.05. The summed E-state index contributed by atoms with van der Waals surface area (Å²) in [6, 6.07) is 13.4. The van der Waals surface area contributed by atoms with E-state index < -0.39 is 5.91 Å². The Morgan fingerprint density at radius 2 is 2.27 bits per heavy atom. The molecule has 0 saturated carbocycles. The lowest BCUT2D eigenvalue weighted by molar-refractivity contribution is -0.117. The molecule has 130 valence electrons. The van der Waals surface area contributed by atoms with Gasteiger partial charge in [-0.2, -0.15) is 5.26 Å². The summed E-state index contributed by atoms with van der Waals surface area (Å²) in [5.41, 5.74) is 3.44. The molecule has 0 radical (unpaired) electrons. The number of hydrogen-bond donors (Lipinski definition) is 3. The van der Waals surface area contributed by atoms with Crippen LogP contribution in [0, 0.1) is 11.3 Å². The number of carbonyl (C=O) groups is 1. The van der Waals surface area contributed by atoms with E-state index in [2.05, 4.69) is 20.0 Å². The lowest BCUT2D eigenvalue weighted by Crippen LogP contribution is -2.23. The van der Waals surface area contributed by atoms with Crippen molar-refractivity contribution in [3.63, 3.8) is 0 Å². The molecule has 0 spiro atoms. The van der Waals surface area contributed by atoms with Gasteiger partial charge in [0.15, 0.2) is 0 Å². The van der Waals surface area contributed by atoms with Crippen LogP contribution in [0.25, 0.3) is 17.1 Å². The molecule has 3 rings (SSSR count). The van der Waals surface area contributed by atoms with Crippen LogP contribution in [-0.2, 0) is 11.3 Å². The van der Waals surface area contributed by atoms with Gasteiger partial charge in [-0.25, -0.2) is 4.98 Å². The third-order valence-corrected chi connectivity index (χ3v) is 4.19. The van der Waals surface area contributed by atoms with Crippen LogP contribution in [0.3, 0.4) is 0 Å². The molecule has 0 aliphatic carbocycles. The second-order valence-electron chi connectivity index (χ2n) is 5.50. The molecule has 26 heavy (non-hydrogen) atoms. The summed E-state index contributed by atoms with van der Waals surface area (Å²) in [5, 5.41) is 13.0. The van der Waals surface area contributed by atoms with E-state index in [1.54, 1.807) is 18.5 Å². The van der Waals surface area contributed by atoms with Gasteiger partial charge >= 0.3 is 0 Å². The van der Waals surface area contributed by atoms with E-state index in [0.717, 1.165) is 27.8 Å². The first kappa shape index (κ1) is 17.6. The number of carbonyl (C=O) groups excluding carboxylic acids is 1. The number of nitrogens with one attached hydrogen (secondary N) is 3. The summed E-state index contributed by atoms with van der Waals surface area (Å²) < 4.78 is 3.15. The number of benzene rings is 1. The maximum atomic E-state index is 12.4. The van der Waals surface area contributed by atoms with Crippen LogP contribution in [0.1, 0.15) is 11.1 Å². The second-order valence-corrected chi connectivity index (χ2v) is 6.12. The Morgan fingerprint density at radius 3 is 3.08 bits per heavy atom. The largest absolute Gasteiger partial charge is 0.347 e. The summed E-state index contributed by atoms with van der Waals surface area (Å²) in [6.07, 6.45) is 6.93. The number of hydrogen-bond acceptors (Lipinski definition) is 5. The first-order chi connectivity index (χ1) is 12.7.